The van der Waals surface area contributed by atoms with Gasteiger partial charge in [-0.2, -0.15) is 0 Å². The Morgan fingerprint density at radius 2 is 1.80 bits per heavy atom. The fourth-order valence-electron chi connectivity index (χ4n) is 2.08. The molecule has 0 aliphatic carbocycles. The quantitative estimate of drug-likeness (QED) is 0.535. The number of rotatable bonds is 4. The Balaban J connectivity index is 2.25. The lowest BCUT2D eigenvalue weighted by molar-refractivity contribution is 0.306. The Kier molecular flexibility index (Phi) is 6.42. The molecule has 2 aromatic carbocycles. The Bertz CT molecular complexity index is 771. The first-order valence-electron chi connectivity index (χ1n) is 8.71. The summed E-state index contributed by atoms with van der Waals surface area (Å²) in [5.41, 5.74) is 3.00. The first-order valence-corrected chi connectivity index (χ1v) is 8.71. The fraction of sp³-hybridized carbons (Fsp3) is 0.348. The lowest BCUT2D eigenvalue weighted by atomic mass is 10.1. The van der Waals surface area contributed by atoms with E-state index in [1.807, 2.05) is 42.6 Å². The van der Waals surface area contributed by atoms with Crippen molar-refractivity contribution in [3.63, 3.8) is 0 Å². The van der Waals surface area contributed by atoms with E-state index in [0.717, 1.165) is 22.4 Å². The maximum Gasteiger partial charge on any atom is 0.120 e. The van der Waals surface area contributed by atoms with Gasteiger partial charge >= 0.3 is 0 Å². The van der Waals surface area contributed by atoms with Gasteiger partial charge in [0.05, 0.1) is 5.54 Å². The average Bonchev–Trinajstić information content (AvgIpc) is 2.57. The molecule has 0 N–H and O–H groups in total. The summed E-state index contributed by atoms with van der Waals surface area (Å²) in [6, 6.07) is 16.2. The summed E-state index contributed by atoms with van der Waals surface area (Å²) < 4.78 is 5.94. The van der Waals surface area contributed by atoms with Crippen LogP contribution in [-0.2, 0) is 6.61 Å². The summed E-state index contributed by atoms with van der Waals surface area (Å²) in [5, 5.41) is 0. The van der Waals surface area contributed by atoms with Crippen LogP contribution < -0.4 is 4.74 Å². The first kappa shape index (κ1) is 18.8. The summed E-state index contributed by atoms with van der Waals surface area (Å²) in [4.78, 5) is 4.63. The summed E-state index contributed by atoms with van der Waals surface area (Å²) in [6.45, 7) is 11.0. The van der Waals surface area contributed by atoms with Crippen LogP contribution in [0.3, 0.4) is 0 Å². The Labute approximate surface area is 152 Å². The van der Waals surface area contributed by atoms with Crippen molar-refractivity contribution >= 4 is 6.21 Å². The smallest absolute Gasteiger partial charge is 0.120 e. The molecular weight excluding hydrogens is 306 g/mol. The van der Waals surface area contributed by atoms with Crippen molar-refractivity contribution in [1.29, 1.82) is 0 Å². The van der Waals surface area contributed by atoms with E-state index < -0.39 is 0 Å². The van der Waals surface area contributed by atoms with Gasteiger partial charge in [-0.3, -0.25) is 4.99 Å². The highest BCUT2D eigenvalue weighted by molar-refractivity contribution is 5.84. The Morgan fingerprint density at radius 3 is 2.44 bits per heavy atom. The summed E-state index contributed by atoms with van der Waals surface area (Å²) in [7, 11) is 0. The highest BCUT2D eigenvalue weighted by Gasteiger charge is 2.07. The van der Waals surface area contributed by atoms with Crippen molar-refractivity contribution in [3.8, 4) is 17.6 Å². The van der Waals surface area contributed by atoms with Gasteiger partial charge in [0.1, 0.15) is 12.4 Å². The van der Waals surface area contributed by atoms with Crippen LogP contribution in [0.4, 0.5) is 0 Å². The van der Waals surface area contributed by atoms with Gasteiger partial charge in [-0.1, -0.05) is 56.0 Å². The molecule has 0 radical (unpaired) electrons. The van der Waals surface area contributed by atoms with E-state index in [1.54, 1.807) is 0 Å². The van der Waals surface area contributed by atoms with Crippen molar-refractivity contribution in [2.45, 2.75) is 46.8 Å². The second-order valence-electron chi connectivity index (χ2n) is 7.38. The number of aliphatic imine (C=N–C) groups is 1. The lowest BCUT2D eigenvalue weighted by Gasteiger charge is -2.12. The normalized spacial score (nSPS) is 11.4. The van der Waals surface area contributed by atoms with Crippen molar-refractivity contribution < 1.29 is 4.74 Å². The minimum Gasteiger partial charge on any atom is -0.489 e. The minimum atomic E-state index is -0.121. The molecule has 2 rings (SSSR count). The molecule has 0 saturated carbocycles. The third-order valence-electron chi connectivity index (χ3n) is 3.36. The molecular formula is C23H27NO. The standard InChI is InChI=1S/C23H27NO/c1-18(2)11-12-20-13-14-22(15-21(20)16-24-23(3,4)5)25-17-19-9-7-6-8-10-19/h6-10,13-16,18H,17H2,1-5H3/b24-16+. The van der Waals surface area contributed by atoms with Crippen molar-refractivity contribution in [2.75, 3.05) is 0 Å². The number of nitrogens with zero attached hydrogens (tertiary/aromatic N) is 1. The number of ether oxygens (including phenoxy) is 1. The van der Waals surface area contributed by atoms with E-state index in [4.69, 9.17) is 4.74 Å². The molecule has 0 atom stereocenters. The molecule has 25 heavy (non-hydrogen) atoms. The zero-order valence-electron chi connectivity index (χ0n) is 15.8. The van der Waals surface area contributed by atoms with Gasteiger partial charge < -0.3 is 4.74 Å². The largest absolute Gasteiger partial charge is 0.489 e. The van der Waals surface area contributed by atoms with E-state index in [2.05, 4.69) is 63.6 Å². The first-order chi connectivity index (χ1) is 11.8. The fourth-order valence-corrected chi connectivity index (χ4v) is 2.08. The zero-order chi connectivity index (χ0) is 18.3. The van der Waals surface area contributed by atoms with Gasteiger partial charge in [0.15, 0.2) is 0 Å². The lowest BCUT2D eigenvalue weighted by Crippen LogP contribution is -2.10. The minimum absolute atomic E-state index is 0.121. The number of benzene rings is 2. The molecule has 0 aromatic heterocycles. The molecule has 2 aromatic rings. The highest BCUT2D eigenvalue weighted by Crippen LogP contribution is 2.19. The van der Waals surface area contributed by atoms with Crippen LogP contribution >= 0.6 is 0 Å². The topological polar surface area (TPSA) is 21.6 Å². The highest BCUT2D eigenvalue weighted by atomic mass is 16.5. The number of hydrogen-bond donors (Lipinski definition) is 0. The number of hydrogen-bond acceptors (Lipinski definition) is 2. The van der Waals surface area contributed by atoms with Gasteiger partial charge in [-0.05, 0) is 44.5 Å². The average molecular weight is 333 g/mol. The Hall–Kier alpha value is -2.53. The molecule has 0 spiro atoms. The van der Waals surface area contributed by atoms with Gasteiger partial charge in [-0.25, -0.2) is 0 Å². The second-order valence-corrected chi connectivity index (χ2v) is 7.38. The van der Waals surface area contributed by atoms with Gasteiger partial charge in [0.25, 0.3) is 0 Å². The molecule has 0 bridgehead atoms. The van der Waals surface area contributed by atoms with Crippen LogP contribution in [0.1, 0.15) is 51.3 Å². The van der Waals surface area contributed by atoms with E-state index in [1.165, 1.54) is 0 Å². The summed E-state index contributed by atoms with van der Waals surface area (Å²) in [6.07, 6.45) is 1.90. The van der Waals surface area contributed by atoms with Crippen LogP contribution in [-0.4, -0.2) is 11.8 Å². The van der Waals surface area contributed by atoms with Crippen LogP contribution in [0, 0.1) is 17.8 Å². The molecule has 2 nitrogen and oxygen atoms in total. The molecule has 0 fully saturated rings. The molecule has 0 aliphatic rings. The van der Waals surface area contributed by atoms with E-state index in [-0.39, 0.29) is 5.54 Å². The van der Waals surface area contributed by atoms with Gasteiger partial charge in [-0.15, -0.1) is 0 Å². The van der Waals surface area contributed by atoms with E-state index in [0.29, 0.717) is 12.5 Å². The third-order valence-corrected chi connectivity index (χ3v) is 3.36. The maximum atomic E-state index is 5.94. The Morgan fingerprint density at radius 1 is 1.08 bits per heavy atom. The zero-order valence-corrected chi connectivity index (χ0v) is 15.8. The van der Waals surface area contributed by atoms with Crippen LogP contribution in [0.15, 0.2) is 53.5 Å². The molecule has 0 heterocycles. The van der Waals surface area contributed by atoms with Gasteiger partial charge in [0.2, 0.25) is 0 Å². The van der Waals surface area contributed by atoms with E-state index >= 15 is 0 Å². The molecule has 2 heteroatoms. The van der Waals surface area contributed by atoms with Crippen molar-refractivity contribution in [3.05, 3.63) is 65.2 Å². The molecule has 0 amide bonds. The van der Waals surface area contributed by atoms with E-state index in [9.17, 15) is 0 Å². The molecule has 130 valence electrons. The molecule has 0 unspecified atom stereocenters. The van der Waals surface area contributed by atoms with Crippen LogP contribution in [0.25, 0.3) is 0 Å². The third kappa shape index (κ3) is 6.85. The van der Waals surface area contributed by atoms with Crippen molar-refractivity contribution in [2.24, 2.45) is 10.9 Å². The van der Waals surface area contributed by atoms with Crippen LogP contribution in [0.5, 0.6) is 5.75 Å². The SMILES string of the molecule is CC(C)C#Cc1ccc(OCc2ccccc2)cc1/C=N/C(C)(C)C. The molecule has 0 aliphatic heterocycles. The monoisotopic (exact) mass is 333 g/mol. The second kappa shape index (κ2) is 8.53. The maximum absolute atomic E-state index is 5.94. The predicted molar refractivity (Wildman–Crippen MR) is 106 cm³/mol. The molecule has 0 saturated heterocycles. The van der Waals surface area contributed by atoms with Crippen molar-refractivity contribution in [1.82, 2.24) is 0 Å². The van der Waals surface area contributed by atoms with Gasteiger partial charge in [0, 0.05) is 23.3 Å². The predicted octanol–water partition coefficient (Wildman–Crippen LogP) is 5.49. The summed E-state index contributed by atoms with van der Waals surface area (Å²) >= 11 is 0. The van der Waals surface area contributed by atoms with Crippen LogP contribution in [0.2, 0.25) is 0 Å². The summed E-state index contributed by atoms with van der Waals surface area (Å²) in [5.74, 6) is 7.64.